The molecule has 0 atom stereocenters. The van der Waals surface area contributed by atoms with Crippen LogP contribution >= 0.6 is 0 Å². The summed E-state index contributed by atoms with van der Waals surface area (Å²) in [6.07, 6.45) is 6.95. The molecule has 6 heteroatoms. The Morgan fingerprint density at radius 2 is 2.29 bits per heavy atom. The summed E-state index contributed by atoms with van der Waals surface area (Å²) in [5.41, 5.74) is 1.78. The van der Waals surface area contributed by atoms with Gasteiger partial charge in [-0.05, 0) is 31.7 Å². The Hall–Kier alpha value is -2.11. The lowest BCUT2D eigenvalue weighted by Crippen LogP contribution is -2.28. The topological polar surface area (TPSA) is 64.7 Å². The normalized spacial score (nSPS) is 14.4. The molecule has 112 valence electrons. The maximum absolute atomic E-state index is 12.0. The SMILES string of the molecule is Cc1cnc(CCNC(=O)c2ccnn2C)n1CC1CC1. The van der Waals surface area contributed by atoms with Gasteiger partial charge in [-0.25, -0.2) is 4.98 Å². The Morgan fingerprint density at radius 3 is 2.95 bits per heavy atom. The first-order valence-corrected chi connectivity index (χ1v) is 7.42. The second-order valence-corrected chi connectivity index (χ2v) is 5.72. The molecule has 1 saturated carbocycles. The zero-order valence-corrected chi connectivity index (χ0v) is 12.5. The van der Waals surface area contributed by atoms with Gasteiger partial charge in [-0.3, -0.25) is 9.48 Å². The fraction of sp³-hybridized carbons (Fsp3) is 0.533. The largest absolute Gasteiger partial charge is 0.350 e. The molecule has 6 nitrogen and oxygen atoms in total. The lowest BCUT2D eigenvalue weighted by Gasteiger charge is -2.10. The monoisotopic (exact) mass is 287 g/mol. The quantitative estimate of drug-likeness (QED) is 0.871. The number of carbonyl (C=O) groups excluding carboxylic acids is 1. The van der Waals surface area contributed by atoms with Crippen molar-refractivity contribution < 1.29 is 4.79 Å². The van der Waals surface area contributed by atoms with E-state index in [9.17, 15) is 4.79 Å². The maximum Gasteiger partial charge on any atom is 0.269 e. The lowest BCUT2D eigenvalue weighted by atomic mass is 10.3. The van der Waals surface area contributed by atoms with E-state index in [1.165, 1.54) is 18.5 Å². The van der Waals surface area contributed by atoms with E-state index in [1.54, 1.807) is 24.0 Å². The minimum Gasteiger partial charge on any atom is -0.350 e. The van der Waals surface area contributed by atoms with E-state index in [0.29, 0.717) is 12.2 Å². The highest BCUT2D eigenvalue weighted by Gasteiger charge is 2.23. The molecular weight excluding hydrogens is 266 g/mol. The molecule has 1 amide bonds. The van der Waals surface area contributed by atoms with E-state index in [1.807, 2.05) is 6.20 Å². The van der Waals surface area contributed by atoms with Crippen molar-refractivity contribution in [3.8, 4) is 0 Å². The van der Waals surface area contributed by atoms with E-state index >= 15 is 0 Å². The van der Waals surface area contributed by atoms with E-state index in [2.05, 4.69) is 26.9 Å². The molecule has 0 spiro atoms. The summed E-state index contributed by atoms with van der Waals surface area (Å²) in [7, 11) is 1.76. The van der Waals surface area contributed by atoms with Gasteiger partial charge in [-0.1, -0.05) is 0 Å². The van der Waals surface area contributed by atoms with Gasteiger partial charge < -0.3 is 9.88 Å². The highest BCUT2D eigenvalue weighted by atomic mass is 16.2. The average molecular weight is 287 g/mol. The number of carbonyl (C=O) groups is 1. The van der Waals surface area contributed by atoms with Gasteiger partial charge in [0.05, 0.1) is 0 Å². The molecule has 0 aromatic carbocycles. The second-order valence-electron chi connectivity index (χ2n) is 5.72. The van der Waals surface area contributed by atoms with Crippen molar-refractivity contribution in [2.75, 3.05) is 6.54 Å². The Labute approximate surface area is 124 Å². The van der Waals surface area contributed by atoms with Crippen LogP contribution in [0.5, 0.6) is 0 Å². The fourth-order valence-electron chi connectivity index (χ4n) is 2.49. The van der Waals surface area contributed by atoms with Gasteiger partial charge >= 0.3 is 0 Å². The molecule has 1 N–H and O–H groups in total. The van der Waals surface area contributed by atoms with Crippen LogP contribution in [0.25, 0.3) is 0 Å². The first-order chi connectivity index (χ1) is 10.1. The Morgan fingerprint density at radius 1 is 1.48 bits per heavy atom. The molecule has 0 unspecified atom stereocenters. The molecule has 2 aromatic rings. The predicted molar refractivity (Wildman–Crippen MR) is 78.9 cm³/mol. The number of nitrogens with one attached hydrogen (secondary N) is 1. The number of amides is 1. The summed E-state index contributed by atoms with van der Waals surface area (Å²) in [6.45, 7) is 3.75. The fourth-order valence-corrected chi connectivity index (χ4v) is 2.49. The molecule has 0 bridgehead atoms. The van der Waals surface area contributed by atoms with E-state index in [-0.39, 0.29) is 5.91 Å². The van der Waals surface area contributed by atoms with Crippen molar-refractivity contribution in [2.24, 2.45) is 13.0 Å². The smallest absolute Gasteiger partial charge is 0.269 e. The number of imidazole rings is 1. The summed E-state index contributed by atoms with van der Waals surface area (Å²) in [5, 5.41) is 6.93. The van der Waals surface area contributed by atoms with Crippen molar-refractivity contribution in [2.45, 2.75) is 32.7 Å². The van der Waals surface area contributed by atoms with Crippen molar-refractivity contribution in [3.63, 3.8) is 0 Å². The molecule has 1 fully saturated rings. The third kappa shape index (κ3) is 3.15. The van der Waals surface area contributed by atoms with Crippen LogP contribution in [0.2, 0.25) is 0 Å². The minimum atomic E-state index is -0.0907. The Bertz CT molecular complexity index is 638. The first kappa shape index (κ1) is 13.9. The highest BCUT2D eigenvalue weighted by Crippen LogP contribution is 2.31. The standard InChI is InChI=1S/C15H21N5O/c1-11-9-17-14(20(11)10-12-3-4-12)6-7-16-15(21)13-5-8-18-19(13)2/h5,8-9,12H,3-4,6-7,10H2,1-2H3,(H,16,21). The van der Waals surface area contributed by atoms with Crippen molar-refractivity contribution in [1.29, 1.82) is 0 Å². The van der Waals surface area contributed by atoms with E-state index < -0.39 is 0 Å². The Kier molecular flexibility index (Phi) is 3.77. The molecule has 0 aliphatic heterocycles. The van der Waals surface area contributed by atoms with E-state index in [4.69, 9.17) is 0 Å². The minimum absolute atomic E-state index is 0.0907. The lowest BCUT2D eigenvalue weighted by molar-refractivity contribution is 0.0944. The van der Waals surface area contributed by atoms with Crippen molar-refractivity contribution in [3.05, 3.63) is 35.7 Å². The van der Waals surface area contributed by atoms with Crippen molar-refractivity contribution in [1.82, 2.24) is 24.6 Å². The highest BCUT2D eigenvalue weighted by molar-refractivity contribution is 5.92. The van der Waals surface area contributed by atoms with Crippen LogP contribution < -0.4 is 5.32 Å². The average Bonchev–Trinajstić information content (AvgIpc) is 3.08. The summed E-state index contributed by atoms with van der Waals surface area (Å²) >= 11 is 0. The third-order valence-electron chi connectivity index (χ3n) is 3.96. The molecule has 1 aliphatic rings. The van der Waals surface area contributed by atoms with Gasteiger partial charge in [-0.15, -0.1) is 0 Å². The zero-order valence-electron chi connectivity index (χ0n) is 12.5. The summed E-state index contributed by atoms with van der Waals surface area (Å²) < 4.78 is 3.86. The van der Waals surface area contributed by atoms with Crippen LogP contribution in [0.4, 0.5) is 0 Å². The molecule has 0 saturated heterocycles. The number of aryl methyl sites for hydroxylation is 2. The number of nitrogens with zero attached hydrogens (tertiary/aromatic N) is 4. The van der Waals surface area contributed by atoms with Gasteiger partial charge in [0.2, 0.25) is 0 Å². The molecule has 21 heavy (non-hydrogen) atoms. The second kappa shape index (κ2) is 5.71. The van der Waals surface area contributed by atoms with Crippen LogP contribution in [-0.4, -0.2) is 31.8 Å². The van der Waals surface area contributed by atoms with Gasteiger partial charge in [-0.2, -0.15) is 5.10 Å². The van der Waals surface area contributed by atoms with Gasteiger partial charge in [0, 0.05) is 44.6 Å². The summed E-state index contributed by atoms with van der Waals surface area (Å²) in [4.78, 5) is 16.5. The molecule has 1 aliphatic carbocycles. The van der Waals surface area contributed by atoms with Gasteiger partial charge in [0.25, 0.3) is 5.91 Å². The first-order valence-electron chi connectivity index (χ1n) is 7.42. The number of rotatable bonds is 6. The molecule has 0 radical (unpaired) electrons. The number of hydrogen-bond donors (Lipinski definition) is 1. The molecule has 2 aromatic heterocycles. The predicted octanol–water partition coefficient (Wildman–Crippen LogP) is 1.31. The summed E-state index contributed by atoms with van der Waals surface area (Å²) in [5.74, 6) is 1.79. The zero-order chi connectivity index (χ0) is 14.8. The summed E-state index contributed by atoms with van der Waals surface area (Å²) in [6, 6.07) is 1.72. The van der Waals surface area contributed by atoms with Crippen LogP contribution in [0.15, 0.2) is 18.5 Å². The van der Waals surface area contributed by atoms with Crippen molar-refractivity contribution >= 4 is 5.91 Å². The third-order valence-corrected chi connectivity index (χ3v) is 3.96. The Balaban J connectivity index is 1.55. The van der Waals surface area contributed by atoms with Crippen LogP contribution in [0.3, 0.4) is 0 Å². The molecule has 2 heterocycles. The number of hydrogen-bond acceptors (Lipinski definition) is 3. The number of aromatic nitrogens is 4. The van der Waals surface area contributed by atoms with E-state index in [0.717, 1.165) is 24.7 Å². The van der Waals surface area contributed by atoms with Crippen LogP contribution in [-0.2, 0) is 20.0 Å². The van der Waals surface area contributed by atoms with Crippen LogP contribution in [0.1, 0.15) is 34.8 Å². The molecular formula is C15H21N5O. The van der Waals surface area contributed by atoms with Gasteiger partial charge in [0.1, 0.15) is 11.5 Å². The van der Waals surface area contributed by atoms with Gasteiger partial charge in [0.15, 0.2) is 0 Å². The maximum atomic E-state index is 12.0. The van der Waals surface area contributed by atoms with Crippen LogP contribution in [0, 0.1) is 12.8 Å². The molecule has 3 rings (SSSR count).